The summed E-state index contributed by atoms with van der Waals surface area (Å²) in [5, 5.41) is 4.84. The van der Waals surface area contributed by atoms with E-state index in [4.69, 9.17) is 14.7 Å². The summed E-state index contributed by atoms with van der Waals surface area (Å²) in [7, 11) is 1.63. The topological polar surface area (TPSA) is 72.3 Å². The maximum absolute atomic E-state index is 13.9. The smallest absolute Gasteiger partial charge is 0.317 e. The number of ether oxygens (including phenoxy) is 1. The van der Waals surface area contributed by atoms with Gasteiger partial charge in [-0.15, -0.1) is 0 Å². The average molecular weight is 510 g/mol. The van der Waals surface area contributed by atoms with Crippen molar-refractivity contribution >= 4 is 16.8 Å². The molecule has 1 N–H and O–H groups in total. The molecule has 0 unspecified atom stereocenters. The van der Waals surface area contributed by atoms with Crippen molar-refractivity contribution < 1.29 is 18.3 Å². The molecule has 1 saturated heterocycles. The van der Waals surface area contributed by atoms with Crippen molar-refractivity contribution in [1.82, 2.24) is 24.8 Å². The van der Waals surface area contributed by atoms with Gasteiger partial charge in [-0.3, -0.25) is 4.98 Å². The number of benzene rings is 1. The van der Waals surface area contributed by atoms with Gasteiger partial charge in [-0.25, -0.2) is 18.6 Å². The Kier molecular flexibility index (Phi) is 6.34. The van der Waals surface area contributed by atoms with Crippen LogP contribution in [-0.2, 0) is 17.8 Å². The Morgan fingerprint density at radius 1 is 1.11 bits per heavy atom. The second-order valence-corrected chi connectivity index (χ2v) is 10.5. The fourth-order valence-electron chi connectivity index (χ4n) is 6.16. The number of nitrogens with one attached hydrogen (secondary N) is 1. The summed E-state index contributed by atoms with van der Waals surface area (Å²) in [6.07, 6.45) is 4.54. The highest BCUT2D eigenvalue weighted by molar-refractivity contribution is 5.96. The van der Waals surface area contributed by atoms with E-state index in [1.165, 1.54) is 0 Å². The van der Waals surface area contributed by atoms with Gasteiger partial charge in [-0.2, -0.15) is 0 Å². The number of halogens is 2. The zero-order valence-corrected chi connectivity index (χ0v) is 21.2. The van der Waals surface area contributed by atoms with E-state index >= 15 is 0 Å². The zero-order valence-electron chi connectivity index (χ0n) is 21.2. The summed E-state index contributed by atoms with van der Waals surface area (Å²) < 4.78 is 35.6. The minimum Gasteiger partial charge on any atom is -0.381 e. The third-order valence-electron chi connectivity index (χ3n) is 8.30. The molecule has 1 aromatic carbocycles. The summed E-state index contributed by atoms with van der Waals surface area (Å²) >= 11 is 0. The van der Waals surface area contributed by atoms with E-state index in [0.29, 0.717) is 38.4 Å². The lowest BCUT2D eigenvalue weighted by Crippen LogP contribution is -2.43. The van der Waals surface area contributed by atoms with Gasteiger partial charge in [-0.05, 0) is 37.1 Å². The molecule has 2 fully saturated rings. The number of hydrogen-bond acceptors (Lipinski definition) is 4. The van der Waals surface area contributed by atoms with Crippen molar-refractivity contribution in [2.45, 2.75) is 69.4 Å². The number of aromatic nitrogens is 3. The number of fused-ring (bicyclic) bond motifs is 2. The molecule has 2 aromatic heterocycles. The van der Waals surface area contributed by atoms with Crippen LogP contribution in [0, 0.1) is 0 Å². The van der Waals surface area contributed by atoms with E-state index in [-0.39, 0.29) is 24.8 Å². The van der Waals surface area contributed by atoms with E-state index < -0.39 is 5.92 Å². The maximum Gasteiger partial charge on any atom is 0.317 e. The molecular formula is C28H33F2N5O2. The Labute approximate surface area is 215 Å². The van der Waals surface area contributed by atoms with E-state index in [2.05, 4.69) is 28.1 Å². The summed E-state index contributed by atoms with van der Waals surface area (Å²) in [5.74, 6) is -1.32. The molecule has 1 saturated carbocycles. The van der Waals surface area contributed by atoms with Gasteiger partial charge in [0.25, 0.3) is 0 Å². The normalized spacial score (nSPS) is 20.7. The Morgan fingerprint density at radius 3 is 2.65 bits per heavy atom. The maximum atomic E-state index is 13.9. The van der Waals surface area contributed by atoms with Gasteiger partial charge in [0, 0.05) is 80.9 Å². The number of rotatable bonds is 3. The van der Waals surface area contributed by atoms with Crippen molar-refractivity contribution in [1.29, 1.82) is 0 Å². The van der Waals surface area contributed by atoms with E-state index in [0.717, 1.165) is 65.3 Å². The molecule has 0 radical (unpaired) electrons. The van der Waals surface area contributed by atoms with Crippen LogP contribution in [0.25, 0.3) is 22.0 Å². The highest BCUT2D eigenvalue weighted by atomic mass is 19.3. The quantitative estimate of drug-likeness (QED) is 0.510. The molecule has 1 aliphatic carbocycles. The van der Waals surface area contributed by atoms with E-state index in [1.54, 1.807) is 11.9 Å². The van der Waals surface area contributed by atoms with Crippen molar-refractivity contribution in [2.75, 3.05) is 26.8 Å². The molecule has 6 rings (SSSR count). The molecule has 7 nitrogen and oxygen atoms in total. The van der Waals surface area contributed by atoms with Crippen LogP contribution in [-0.4, -0.2) is 58.2 Å². The molecular weight excluding hydrogens is 476 g/mol. The molecule has 0 spiro atoms. The van der Waals surface area contributed by atoms with Crippen LogP contribution in [0.5, 0.6) is 0 Å². The van der Waals surface area contributed by atoms with Crippen molar-refractivity contribution in [3.8, 4) is 11.3 Å². The van der Waals surface area contributed by atoms with Crippen LogP contribution in [0.15, 0.2) is 30.5 Å². The van der Waals surface area contributed by atoms with Gasteiger partial charge >= 0.3 is 6.03 Å². The number of imidazole rings is 1. The Balaban J connectivity index is 1.42. The van der Waals surface area contributed by atoms with Crippen LogP contribution in [0.4, 0.5) is 13.6 Å². The molecule has 3 aromatic rings. The first-order valence-corrected chi connectivity index (χ1v) is 13.3. The molecule has 196 valence electrons. The number of carbonyl (C=O) groups excluding carboxylic acids is 1. The lowest BCUT2D eigenvalue weighted by Gasteiger charge is -2.32. The molecule has 0 atom stereocenters. The van der Waals surface area contributed by atoms with Crippen LogP contribution in [0.3, 0.4) is 0 Å². The third-order valence-corrected chi connectivity index (χ3v) is 8.30. The van der Waals surface area contributed by atoms with Crippen LogP contribution >= 0.6 is 0 Å². The highest BCUT2D eigenvalue weighted by Gasteiger charge is 2.38. The number of nitrogens with zero attached hydrogens (tertiary/aromatic N) is 4. The molecule has 2 aliphatic heterocycles. The van der Waals surface area contributed by atoms with E-state index in [1.807, 2.05) is 12.3 Å². The van der Waals surface area contributed by atoms with Gasteiger partial charge in [0.1, 0.15) is 5.82 Å². The van der Waals surface area contributed by atoms with Gasteiger partial charge in [0.2, 0.25) is 5.92 Å². The Hall–Kier alpha value is -3.07. The second kappa shape index (κ2) is 9.67. The van der Waals surface area contributed by atoms with Gasteiger partial charge in [0.15, 0.2) is 0 Å². The largest absolute Gasteiger partial charge is 0.381 e. The van der Waals surface area contributed by atoms with Crippen LogP contribution < -0.4 is 5.32 Å². The second-order valence-electron chi connectivity index (χ2n) is 10.5. The fraction of sp³-hybridized carbons (Fsp3) is 0.536. The number of pyridine rings is 1. The molecule has 9 heteroatoms. The highest BCUT2D eigenvalue weighted by Crippen LogP contribution is 2.43. The summed E-state index contributed by atoms with van der Waals surface area (Å²) in [6, 6.07) is 8.25. The summed E-state index contributed by atoms with van der Waals surface area (Å²) in [4.78, 5) is 24.3. The number of urea groups is 1. The number of carbonyl (C=O) groups is 1. The minimum atomic E-state index is -2.59. The number of hydrogen-bond donors (Lipinski definition) is 1. The molecule has 3 aliphatic rings. The van der Waals surface area contributed by atoms with Crippen LogP contribution in [0.1, 0.15) is 67.6 Å². The molecule has 2 amide bonds. The zero-order chi connectivity index (χ0) is 25.6. The SMILES string of the molecule is CNC(=O)N1CCn2c(C3CCC(F)(F)CC3)nc(-c3cccc4cc(C5CCOCC5)ncc34)c2C1. The Bertz CT molecular complexity index is 1310. The molecule has 0 bridgehead atoms. The number of alkyl halides is 2. The molecule has 4 heterocycles. The average Bonchev–Trinajstić information content (AvgIpc) is 3.31. The molecule has 37 heavy (non-hydrogen) atoms. The number of amides is 2. The van der Waals surface area contributed by atoms with Crippen molar-refractivity contribution in [3.05, 3.63) is 47.7 Å². The Morgan fingerprint density at radius 2 is 1.89 bits per heavy atom. The lowest BCUT2D eigenvalue weighted by atomic mass is 9.86. The summed E-state index contributed by atoms with van der Waals surface area (Å²) in [5.41, 5.74) is 3.85. The van der Waals surface area contributed by atoms with Gasteiger partial charge < -0.3 is 19.5 Å². The summed E-state index contributed by atoms with van der Waals surface area (Å²) in [6.45, 7) is 3.12. The van der Waals surface area contributed by atoms with E-state index in [9.17, 15) is 13.6 Å². The lowest BCUT2D eigenvalue weighted by molar-refractivity contribution is -0.0390. The first-order chi connectivity index (χ1) is 17.9. The predicted molar refractivity (Wildman–Crippen MR) is 137 cm³/mol. The predicted octanol–water partition coefficient (Wildman–Crippen LogP) is 5.44. The first kappa shape index (κ1) is 24.3. The van der Waals surface area contributed by atoms with Crippen LogP contribution in [0.2, 0.25) is 0 Å². The monoisotopic (exact) mass is 509 g/mol. The van der Waals surface area contributed by atoms with Crippen molar-refractivity contribution in [3.63, 3.8) is 0 Å². The first-order valence-electron chi connectivity index (χ1n) is 13.3. The van der Waals surface area contributed by atoms with Gasteiger partial charge in [0.05, 0.1) is 17.9 Å². The van der Waals surface area contributed by atoms with Gasteiger partial charge in [-0.1, -0.05) is 18.2 Å². The fourth-order valence-corrected chi connectivity index (χ4v) is 6.16. The van der Waals surface area contributed by atoms with Crippen molar-refractivity contribution in [2.24, 2.45) is 0 Å². The minimum absolute atomic E-state index is 0.00750. The standard InChI is InChI=1S/C28H33F2N5O2/c1-31-27(36)34-11-12-35-24(17-34)25(33-26(35)19-5-9-28(29,30)10-6-19)21-4-2-3-20-15-23(32-16-22(20)21)18-7-13-37-14-8-18/h2-4,15-16,18-19H,5-14,17H2,1H3,(H,31,36). The third kappa shape index (κ3) is 4.58.